The summed E-state index contributed by atoms with van der Waals surface area (Å²) in [5.74, 6) is 0. The van der Waals surface area contributed by atoms with Gasteiger partial charge in [0.05, 0.1) is 21.1 Å². The van der Waals surface area contributed by atoms with Crippen molar-refractivity contribution < 1.29 is 4.42 Å². The number of rotatable bonds is 2. The normalized spacial score (nSPS) is 11.8. The minimum atomic E-state index is 0.703. The minimum absolute atomic E-state index is 0.703. The molecule has 1 N–H and O–H groups in total. The molecule has 0 radical (unpaired) electrons. The van der Waals surface area contributed by atoms with E-state index in [-0.39, 0.29) is 0 Å². The average molecular weight is 400 g/mol. The van der Waals surface area contributed by atoms with Gasteiger partial charge in [-0.2, -0.15) is 0 Å². The highest BCUT2D eigenvalue weighted by atomic mass is 35.5. The van der Waals surface area contributed by atoms with Crippen molar-refractivity contribution in [1.29, 1.82) is 0 Å². The first-order valence-electron chi connectivity index (χ1n) is 9.06. The van der Waals surface area contributed by atoms with Gasteiger partial charge >= 0.3 is 0 Å². The number of furan rings is 1. The summed E-state index contributed by atoms with van der Waals surface area (Å²) >= 11 is 8.19. The van der Waals surface area contributed by atoms with E-state index in [9.17, 15) is 0 Å². The molecule has 0 aliphatic heterocycles. The van der Waals surface area contributed by atoms with Crippen LogP contribution in [0.1, 0.15) is 0 Å². The SMILES string of the molecule is Clc1ccccc1Nc1cc2c3ccccc3oc2c2c1sc1ccccc12. The van der Waals surface area contributed by atoms with E-state index in [2.05, 4.69) is 41.7 Å². The van der Waals surface area contributed by atoms with E-state index in [0.717, 1.165) is 38.7 Å². The predicted octanol–water partition coefficient (Wildman–Crippen LogP) is 8.35. The van der Waals surface area contributed by atoms with Crippen LogP contribution in [0, 0.1) is 0 Å². The van der Waals surface area contributed by atoms with Crippen LogP contribution >= 0.6 is 22.9 Å². The van der Waals surface area contributed by atoms with Gasteiger partial charge in [0.2, 0.25) is 0 Å². The molecule has 4 aromatic carbocycles. The summed E-state index contributed by atoms with van der Waals surface area (Å²) in [4.78, 5) is 0. The second kappa shape index (κ2) is 5.99. The minimum Gasteiger partial charge on any atom is -0.455 e. The average Bonchev–Trinajstić information content (AvgIpc) is 3.28. The highest BCUT2D eigenvalue weighted by molar-refractivity contribution is 7.26. The Hall–Kier alpha value is -3.01. The molecule has 0 saturated carbocycles. The highest BCUT2D eigenvalue weighted by Gasteiger charge is 2.18. The number of benzene rings is 4. The van der Waals surface area contributed by atoms with Crippen molar-refractivity contribution in [3.05, 3.63) is 83.9 Å². The Morgan fingerprint density at radius 2 is 1.50 bits per heavy atom. The van der Waals surface area contributed by atoms with E-state index in [1.165, 1.54) is 14.8 Å². The van der Waals surface area contributed by atoms with Crippen LogP contribution in [0.2, 0.25) is 5.02 Å². The fourth-order valence-corrected chi connectivity index (χ4v) is 5.22. The monoisotopic (exact) mass is 399 g/mol. The van der Waals surface area contributed by atoms with Crippen molar-refractivity contribution in [1.82, 2.24) is 0 Å². The molecule has 0 spiro atoms. The van der Waals surface area contributed by atoms with Crippen LogP contribution in [0.5, 0.6) is 0 Å². The van der Waals surface area contributed by atoms with Crippen LogP contribution < -0.4 is 5.32 Å². The Morgan fingerprint density at radius 3 is 2.39 bits per heavy atom. The first-order valence-corrected chi connectivity index (χ1v) is 10.3. The van der Waals surface area contributed by atoms with Crippen molar-refractivity contribution in [2.45, 2.75) is 0 Å². The fourth-order valence-electron chi connectivity index (χ4n) is 3.87. The zero-order valence-electron chi connectivity index (χ0n) is 14.7. The summed E-state index contributed by atoms with van der Waals surface area (Å²) in [7, 11) is 0. The number of halogens is 1. The molecular weight excluding hydrogens is 386 g/mol. The molecule has 6 rings (SSSR count). The van der Waals surface area contributed by atoms with Crippen LogP contribution in [-0.4, -0.2) is 0 Å². The molecule has 0 fully saturated rings. The summed E-state index contributed by atoms with van der Waals surface area (Å²) < 4.78 is 8.73. The first kappa shape index (κ1) is 16.0. The van der Waals surface area contributed by atoms with E-state index in [1.807, 2.05) is 42.5 Å². The first-order chi connectivity index (χ1) is 13.8. The number of thiophene rings is 1. The maximum Gasteiger partial charge on any atom is 0.144 e. The summed E-state index contributed by atoms with van der Waals surface area (Å²) in [5.41, 5.74) is 3.79. The molecule has 0 aliphatic carbocycles. The lowest BCUT2D eigenvalue weighted by Gasteiger charge is -2.10. The smallest absolute Gasteiger partial charge is 0.144 e. The van der Waals surface area contributed by atoms with Gasteiger partial charge in [0, 0.05) is 26.2 Å². The van der Waals surface area contributed by atoms with Crippen molar-refractivity contribution in [3.8, 4) is 0 Å². The Labute approximate surface area is 170 Å². The Balaban J connectivity index is 1.77. The number of hydrogen-bond donors (Lipinski definition) is 1. The van der Waals surface area contributed by atoms with Gasteiger partial charge in [-0.25, -0.2) is 0 Å². The lowest BCUT2D eigenvalue weighted by atomic mass is 10.1. The molecule has 0 atom stereocenters. The maximum absolute atomic E-state index is 6.42. The maximum atomic E-state index is 6.42. The highest BCUT2D eigenvalue weighted by Crippen LogP contribution is 2.46. The van der Waals surface area contributed by atoms with Gasteiger partial charge in [0.15, 0.2) is 0 Å². The standard InChI is InChI=1S/C24H14ClNOS/c25-17-9-3-4-10-18(17)26-19-13-16-14-7-1-5-11-20(14)27-23(16)22-15-8-2-6-12-21(15)28-24(19)22/h1-13,26H. The molecule has 2 nitrogen and oxygen atoms in total. The van der Waals surface area contributed by atoms with E-state index >= 15 is 0 Å². The molecule has 134 valence electrons. The molecule has 6 aromatic rings. The zero-order chi connectivity index (χ0) is 18.7. The quantitative estimate of drug-likeness (QED) is 0.316. The molecule has 0 aliphatic rings. The topological polar surface area (TPSA) is 25.2 Å². The van der Waals surface area contributed by atoms with E-state index in [1.54, 1.807) is 11.3 Å². The summed E-state index contributed by atoms with van der Waals surface area (Å²) in [6.07, 6.45) is 0. The molecule has 4 heteroatoms. The number of hydrogen-bond acceptors (Lipinski definition) is 3. The number of nitrogens with one attached hydrogen (secondary N) is 1. The Morgan fingerprint density at radius 1 is 0.750 bits per heavy atom. The predicted molar refractivity (Wildman–Crippen MR) is 121 cm³/mol. The van der Waals surface area contributed by atoms with Crippen molar-refractivity contribution in [2.24, 2.45) is 0 Å². The number of anilines is 2. The van der Waals surface area contributed by atoms with Gasteiger partial charge in [-0.05, 0) is 30.3 Å². The lowest BCUT2D eigenvalue weighted by molar-refractivity contribution is 0.673. The van der Waals surface area contributed by atoms with Crippen LogP contribution in [0.15, 0.2) is 83.3 Å². The summed E-state index contributed by atoms with van der Waals surface area (Å²) in [6.45, 7) is 0. The van der Waals surface area contributed by atoms with Gasteiger partial charge in [-0.1, -0.05) is 60.1 Å². The molecule has 2 aromatic heterocycles. The Bertz CT molecular complexity index is 1510. The molecule has 0 bridgehead atoms. The molecular formula is C24H14ClNOS. The molecule has 0 unspecified atom stereocenters. The number of fused-ring (bicyclic) bond motifs is 7. The van der Waals surface area contributed by atoms with Gasteiger partial charge in [0.25, 0.3) is 0 Å². The third kappa shape index (κ3) is 2.27. The fraction of sp³-hybridized carbons (Fsp3) is 0. The second-order valence-corrected chi connectivity index (χ2v) is 8.27. The molecule has 28 heavy (non-hydrogen) atoms. The van der Waals surface area contributed by atoms with Gasteiger partial charge in [-0.3, -0.25) is 0 Å². The third-order valence-electron chi connectivity index (χ3n) is 5.13. The zero-order valence-corrected chi connectivity index (χ0v) is 16.3. The summed E-state index contributed by atoms with van der Waals surface area (Å²) in [5, 5.41) is 8.87. The molecule has 2 heterocycles. The van der Waals surface area contributed by atoms with Gasteiger partial charge in [-0.15, -0.1) is 11.3 Å². The summed E-state index contributed by atoms with van der Waals surface area (Å²) in [6, 6.07) is 26.7. The van der Waals surface area contributed by atoms with Crippen molar-refractivity contribution >= 4 is 76.4 Å². The van der Waals surface area contributed by atoms with Crippen LogP contribution in [-0.2, 0) is 0 Å². The molecule has 0 amide bonds. The Kier molecular flexibility index (Phi) is 3.42. The van der Waals surface area contributed by atoms with Gasteiger partial charge in [0.1, 0.15) is 11.2 Å². The van der Waals surface area contributed by atoms with Crippen LogP contribution in [0.4, 0.5) is 11.4 Å². The van der Waals surface area contributed by atoms with Crippen LogP contribution in [0.25, 0.3) is 42.1 Å². The van der Waals surface area contributed by atoms with Crippen molar-refractivity contribution in [2.75, 3.05) is 5.32 Å². The molecule has 0 saturated heterocycles. The van der Waals surface area contributed by atoms with Crippen molar-refractivity contribution in [3.63, 3.8) is 0 Å². The van der Waals surface area contributed by atoms with Gasteiger partial charge < -0.3 is 9.73 Å². The third-order valence-corrected chi connectivity index (χ3v) is 6.67. The second-order valence-electron chi connectivity index (χ2n) is 6.81. The lowest BCUT2D eigenvalue weighted by Crippen LogP contribution is -1.91. The van der Waals surface area contributed by atoms with Crippen LogP contribution in [0.3, 0.4) is 0 Å². The van der Waals surface area contributed by atoms with E-state index in [0.29, 0.717) is 5.02 Å². The largest absolute Gasteiger partial charge is 0.455 e. The number of para-hydroxylation sites is 2. The van der Waals surface area contributed by atoms with E-state index in [4.69, 9.17) is 16.0 Å². The van der Waals surface area contributed by atoms with E-state index < -0.39 is 0 Å².